The largest absolute Gasteiger partial charge is 0.494 e. The van der Waals surface area contributed by atoms with Gasteiger partial charge in [-0.1, -0.05) is 6.07 Å². The molecule has 0 unspecified atom stereocenters. The first-order chi connectivity index (χ1) is 11.8. The zero-order valence-corrected chi connectivity index (χ0v) is 14.8. The van der Waals surface area contributed by atoms with Crippen molar-refractivity contribution in [1.82, 2.24) is 14.8 Å². The molecule has 5 heteroatoms. The maximum absolute atomic E-state index is 5.69. The van der Waals surface area contributed by atoms with E-state index in [0.29, 0.717) is 6.61 Å². The van der Waals surface area contributed by atoms with Gasteiger partial charge in [0.1, 0.15) is 5.75 Å². The minimum Gasteiger partial charge on any atom is -0.494 e. The summed E-state index contributed by atoms with van der Waals surface area (Å²) in [6.07, 6.45) is 2.98. The van der Waals surface area contributed by atoms with Gasteiger partial charge in [0.25, 0.3) is 0 Å². The number of hydrogen-bond acceptors (Lipinski definition) is 5. The van der Waals surface area contributed by atoms with Crippen LogP contribution < -0.4 is 10.1 Å². The number of anilines is 1. The van der Waals surface area contributed by atoms with Gasteiger partial charge in [0.2, 0.25) is 0 Å². The maximum Gasteiger partial charge on any atom is 0.122 e. The lowest BCUT2D eigenvalue weighted by Crippen LogP contribution is -2.44. The molecule has 0 amide bonds. The Kier molecular flexibility index (Phi) is 5.88. The van der Waals surface area contributed by atoms with Crippen LogP contribution in [0.3, 0.4) is 0 Å². The van der Waals surface area contributed by atoms with E-state index in [4.69, 9.17) is 4.74 Å². The van der Waals surface area contributed by atoms with E-state index >= 15 is 0 Å². The van der Waals surface area contributed by atoms with Gasteiger partial charge in [0.15, 0.2) is 0 Å². The van der Waals surface area contributed by atoms with Gasteiger partial charge in [-0.15, -0.1) is 0 Å². The Labute approximate surface area is 144 Å². The number of rotatable bonds is 7. The van der Waals surface area contributed by atoms with Crippen molar-refractivity contribution in [1.29, 1.82) is 0 Å². The molecule has 1 aliphatic heterocycles. The average Bonchev–Trinajstić information content (AvgIpc) is 2.60. The molecule has 130 valence electrons. The van der Waals surface area contributed by atoms with Crippen molar-refractivity contribution >= 4 is 16.6 Å². The van der Waals surface area contributed by atoms with E-state index in [9.17, 15) is 0 Å². The van der Waals surface area contributed by atoms with E-state index < -0.39 is 0 Å². The van der Waals surface area contributed by atoms with Gasteiger partial charge in [0, 0.05) is 50.4 Å². The standard InChI is InChI=1S/C19H28N4O/c1-3-24-17-14-16-6-4-7-21-19(16)18(15-17)20-8-5-9-23-12-10-22(2)11-13-23/h4,6-7,14-15,20H,3,5,8-13H2,1-2H3. The highest BCUT2D eigenvalue weighted by molar-refractivity contribution is 5.91. The predicted octanol–water partition coefficient (Wildman–Crippen LogP) is 2.68. The predicted molar refractivity (Wildman–Crippen MR) is 100.0 cm³/mol. The van der Waals surface area contributed by atoms with Crippen molar-refractivity contribution in [3.63, 3.8) is 0 Å². The lowest BCUT2D eigenvalue weighted by molar-refractivity contribution is 0.154. The van der Waals surface area contributed by atoms with Gasteiger partial charge >= 0.3 is 0 Å². The van der Waals surface area contributed by atoms with Gasteiger partial charge in [-0.3, -0.25) is 4.98 Å². The molecule has 0 atom stereocenters. The number of nitrogens with zero attached hydrogens (tertiary/aromatic N) is 3. The zero-order chi connectivity index (χ0) is 16.8. The van der Waals surface area contributed by atoms with Crippen LogP contribution in [0.1, 0.15) is 13.3 Å². The van der Waals surface area contributed by atoms with Gasteiger partial charge in [0.05, 0.1) is 17.8 Å². The second-order valence-electron chi connectivity index (χ2n) is 6.40. The normalized spacial score (nSPS) is 16.4. The summed E-state index contributed by atoms with van der Waals surface area (Å²) in [7, 11) is 2.20. The third kappa shape index (κ3) is 4.36. The lowest BCUT2D eigenvalue weighted by Gasteiger charge is -2.32. The second-order valence-corrected chi connectivity index (χ2v) is 6.40. The molecule has 1 fully saturated rings. The third-order valence-electron chi connectivity index (χ3n) is 4.55. The number of likely N-dealkylation sites (N-methyl/N-ethyl adjacent to an activating group) is 1. The van der Waals surface area contributed by atoms with E-state index in [2.05, 4.69) is 45.3 Å². The summed E-state index contributed by atoms with van der Waals surface area (Å²) < 4.78 is 5.69. The van der Waals surface area contributed by atoms with Gasteiger partial charge in [-0.05, 0) is 39.1 Å². The van der Waals surface area contributed by atoms with Crippen molar-refractivity contribution in [2.24, 2.45) is 0 Å². The summed E-state index contributed by atoms with van der Waals surface area (Å²) in [5.41, 5.74) is 2.08. The molecule has 1 saturated heterocycles. The fourth-order valence-corrected chi connectivity index (χ4v) is 3.15. The van der Waals surface area contributed by atoms with E-state index in [1.54, 1.807) is 0 Å². The van der Waals surface area contributed by atoms with Crippen LogP contribution >= 0.6 is 0 Å². The second kappa shape index (κ2) is 8.31. The number of aromatic nitrogens is 1. The van der Waals surface area contributed by atoms with Crippen LogP contribution in [-0.2, 0) is 0 Å². The Bertz CT molecular complexity index is 653. The first-order valence-electron chi connectivity index (χ1n) is 8.92. The summed E-state index contributed by atoms with van der Waals surface area (Å²) in [6.45, 7) is 9.51. The minimum atomic E-state index is 0.675. The number of fused-ring (bicyclic) bond motifs is 1. The van der Waals surface area contributed by atoms with Crippen LogP contribution in [-0.4, -0.2) is 67.7 Å². The first-order valence-corrected chi connectivity index (χ1v) is 8.92. The topological polar surface area (TPSA) is 40.6 Å². The molecular weight excluding hydrogens is 300 g/mol. The molecule has 1 N–H and O–H groups in total. The Morgan fingerprint density at radius 2 is 2.04 bits per heavy atom. The number of piperazine rings is 1. The van der Waals surface area contributed by atoms with Crippen LogP contribution in [0.4, 0.5) is 5.69 Å². The van der Waals surface area contributed by atoms with Crippen molar-refractivity contribution in [3.05, 3.63) is 30.5 Å². The fraction of sp³-hybridized carbons (Fsp3) is 0.526. The molecule has 2 heterocycles. The Hall–Kier alpha value is -1.85. The summed E-state index contributed by atoms with van der Waals surface area (Å²) in [4.78, 5) is 9.47. The quantitative estimate of drug-likeness (QED) is 0.792. The third-order valence-corrected chi connectivity index (χ3v) is 4.55. The van der Waals surface area contributed by atoms with Crippen molar-refractivity contribution < 1.29 is 4.74 Å². The minimum absolute atomic E-state index is 0.675. The molecule has 3 rings (SSSR count). The molecule has 1 aromatic carbocycles. The van der Waals surface area contributed by atoms with Crippen molar-refractivity contribution in [3.8, 4) is 5.75 Å². The Balaban J connectivity index is 1.58. The van der Waals surface area contributed by atoms with E-state index in [-0.39, 0.29) is 0 Å². The highest BCUT2D eigenvalue weighted by Gasteiger charge is 2.13. The number of benzene rings is 1. The summed E-state index contributed by atoms with van der Waals surface area (Å²) in [6, 6.07) is 8.17. The van der Waals surface area contributed by atoms with Crippen LogP contribution in [0, 0.1) is 0 Å². The van der Waals surface area contributed by atoms with Crippen LogP contribution in [0.15, 0.2) is 30.5 Å². The highest BCUT2D eigenvalue weighted by Crippen LogP contribution is 2.27. The Morgan fingerprint density at radius 3 is 2.83 bits per heavy atom. The fourth-order valence-electron chi connectivity index (χ4n) is 3.15. The molecule has 0 saturated carbocycles. The molecule has 0 bridgehead atoms. The number of nitrogens with one attached hydrogen (secondary N) is 1. The highest BCUT2D eigenvalue weighted by atomic mass is 16.5. The van der Waals surface area contributed by atoms with Crippen molar-refractivity contribution in [2.45, 2.75) is 13.3 Å². The van der Waals surface area contributed by atoms with Crippen molar-refractivity contribution in [2.75, 3.05) is 58.2 Å². The van der Waals surface area contributed by atoms with Crippen LogP contribution in [0.5, 0.6) is 5.75 Å². The molecule has 1 aromatic heterocycles. The maximum atomic E-state index is 5.69. The summed E-state index contributed by atoms with van der Waals surface area (Å²) >= 11 is 0. The number of pyridine rings is 1. The van der Waals surface area contributed by atoms with Gasteiger partial charge < -0.3 is 19.9 Å². The van der Waals surface area contributed by atoms with Gasteiger partial charge in [-0.25, -0.2) is 0 Å². The van der Waals surface area contributed by atoms with E-state index in [1.165, 1.54) is 26.2 Å². The molecule has 24 heavy (non-hydrogen) atoms. The molecular formula is C19H28N4O. The van der Waals surface area contributed by atoms with Gasteiger partial charge in [-0.2, -0.15) is 0 Å². The number of ether oxygens (including phenoxy) is 1. The molecule has 2 aromatic rings. The lowest BCUT2D eigenvalue weighted by atomic mass is 10.1. The molecule has 0 radical (unpaired) electrons. The summed E-state index contributed by atoms with van der Waals surface area (Å²) in [5.74, 6) is 0.902. The van der Waals surface area contributed by atoms with Crippen LogP contribution in [0.25, 0.3) is 10.9 Å². The first kappa shape index (κ1) is 17.0. The molecule has 0 spiro atoms. The SMILES string of the molecule is CCOc1cc(NCCCN2CCN(C)CC2)c2ncccc2c1. The average molecular weight is 328 g/mol. The monoisotopic (exact) mass is 328 g/mol. The number of hydrogen-bond donors (Lipinski definition) is 1. The summed E-state index contributed by atoms with van der Waals surface area (Å²) in [5, 5.41) is 4.67. The van der Waals surface area contributed by atoms with Crippen LogP contribution in [0.2, 0.25) is 0 Å². The molecule has 1 aliphatic rings. The molecule has 0 aliphatic carbocycles. The zero-order valence-electron chi connectivity index (χ0n) is 14.8. The molecule has 5 nitrogen and oxygen atoms in total. The van der Waals surface area contributed by atoms with E-state index in [1.807, 2.05) is 19.2 Å². The van der Waals surface area contributed by atoms with E-state index in [0.717, 1.165) is 41.9 Å². The smallest absolute Gasteiger partial charge is 0.122 e. The Morgan fingerprint density at radius 1 is 1.21 bits per heavy atom.